The van der Waals surface area contributed by atoms with E-state index in [1.807, 2.05) is 18.2 Å². The van der Waals surface area contributed by atoms with Gasteiger partial charge in [-0.15, -0.1) is 0 Å². The van der Waals surface area contributed by atoms with Crippen LogP contribution in [0.25, 0.3) is 0 Å². The number of rotatable bonds is 3. The summed E-state index contributed by atoms with van der Waals surface area (Å²) >= 11 is 3.36. The average molecular weight is 260 g/mol. The van der Waals surface area contributed by atoms with Crippen molar-refractivity contribution >= 4 is 15.9 Å². The van der Waals surface area contributed by atoms with Gasteiger partial charge in [0.1, 0.15) is 5.75 Å². The van der Waals surface area contributed by atoms with Crippen LogP contribution in [0.4, 0.5) is 0 Å². The molecule has 0 heterocycles. The van der Waals surface area contributed by atoms with Gasteiger partial charge in [0, 0.05) is 0 Å². The summed E-state index contributed by atoms with van der Waals surface area (Å²) in [4.78, 5) is 0. The minimum absolute atomic E-state index is 0.364. The van der Waals surface area contributed by atoms with E-state index in [2.05, 4.69) is 15.9 Å². The van der Waals surface area contributed by atoms with Crippen molar-refractivity contribution < 1.29 is 9.84 Å². The number of halogens is 1. The van der Waals surface area contributed by atoms with Crippen molar-refractivity contribution in [3.05, 3.63) is 28.2 Å². The van der Waals surface area contributed by atoms with Gasteiger partial charge in [0.2, 0.25) is 0 Å². The quantitative estimate of drug-likeness (QED) is 0.871. The fourth-order valence-electron chi connectivity index (χ4n) is 1.17. The average Bonchev–Trinajstić information content (AvgIpc) is 2.16. The topological polar surface area (TPSA) is 55.5 Å². The van der Waals surface area contributed by atoms with Crippen LogP contribution in [0.2, 0.25) is 0 Å². The Morgan fingerprint density at radius 3 is 2.57 bits per heavy atom. The van der Waals surface area contributed by atoms with Crippen molar-refractivity contribution in [2.45, 2.75) is 19.1 Å². The first kappa shape index (κ1) is 11.5. The molecule has 0 aliphatic carbocycles. The molecule has 4 heteroatoms. The molecular formula is C10H14BrNO2. The Morgan fingerprint density at radius 1 is 1.50 bits per heavy atom. The number of hydrogen-bond donors (Lipinski definition) is 2. The maximum absolute atomic E-state index is 9.32. The Labute approximate surface area is 92.0 Å². The van der Waals surface area contributed by atoms with Gasteiger partial charge in [-0.25, -0.2) is 0 Å². The Bertz CT molecular complexity index is 315. The summed E-state index contributed by atoms with van der Waals surface area (Å²) < 4.78 is 5.93. The van der Waals surface area contributed by atoms with Crippen molar-refractivity contribution in [2.75, 3.05) is 7.11 Å². The zero-order valence-electron chi connectivity index (χ0n) is 8.20. The molecule has 1 rings (SSSR count). The highest BCUT2D eigenvalue weighted by atomic mass is 79.9. The van der Waals surface area contributed by atoms with E-state index in [9.17, 15) is 5.11 Å². The van der Waals surface area contributed by atoms with Crippen molar-refractivity contribution in [1.82, 2.24) is 0 Å². The van der Waals surface area contributed by atoms with Gasteiger partial charge in [-0.05, 0) is 40.5 Å². The van der Waals surface area contributed by atoms with E-state index in [-0.39, 0.29) is 6.04 Å². The number of aliphatic hydroxyl groups is 1. The smallest absolute Gasteiger partial charge is 0.133 e. The van der Waals surface area contributed by atoms with Crippen molar-refractivity contribution in [3.8, 4) is 5.75 Å². The summed E-state index contributed by atoms with van der Waals surface area (Å²) in [5, 5.41) is 9.32. The summed E-state index contributed by atoms with van der Waals surface area (Å²) in [6.45, 7) is 1.67. The lowest BCUT2D eigenvalue weighted by Gasteiger charge is -2.16. The number of nitrogens with two attached hydrogens (primary N) is 1. The summed E-state index contributed by atoms with van der Waals surface area (Å²) in [5.41, 5.74) is 6.67. The van der Waals surface area contributed by atoms with E-state index >= 15 is 0 Å². The highest BCUT2D eigenvalue weighted by Crippen LogP contribution is 2.28. The molecule has 2 atom stereocenters. The van der Waals surface area contributed by atoms with Gasteiger partial charge in [0.25, 0.3) is 0 Å². The van der Waals surface area contributed by atoms with Crippen LogP contribution in [0.15, 0.2) is 22.7 Å². The molecule has 0 aromatic heterocycles. The molecule has 0 bridgehead atoms. The van der Waals surface area contributed by atoms with Gasteiger partial charge in [0.15, 0.2) is 0 Å². The second kappa shape index (κ2) is 4.77. The van der Waals surface area contributed by atoms with E-state index in [4.69, 9.17) is 10.5 Å². The normalized spacial score (nSPS) is 14.9. The molecule has 3 N–H and O–H groups in total. The third kappa shape index (κ3) is 2.47. The molecule has 0 fully saturated rings. The first-order valence-corrected chi connectivity index (χ1v) is 5.12. The Balaban J connectivity index is 2.96. The van der Waals surface area contributed by atoms with Gasteiger partial charge >= 0.3 is 0 Å². The van der Waals surface area contributed by atoms with Crippen molar-refractivity contribution in [2.24, 2.45) is 5.73 Å². The fourth-order valence-corrected chi connectivity index (χ4v) is 1.73. The van der Waals surface area contributed by atoms with E-state index < -0.39 is 6.10 Å². The van der Waals surface area contributed by atoms with Crippen LogP contribution in [0.3, 0.4) is 0 Å². The predicted octanol–water partition coefficient (Wildman–Crippen LogP) is 1.84. The van der Waals surface area contributed by atoms with Crippen LogP contribution in [-0.4, -0.2) is 18.3 Å². The van der Waals surface area contributed by atoms with Crippen LogP contribution in [0.1, 0.15) is 18.5 Å². The number of ether oxygens (including phenoxy) is 1. The standard InChI is InChI=1S/C10H14BrNO2/c1-6(13)10(12)7-3-4-9(14-2)8(11)5-7/h3-6,10,13H,12H2,1-2H3/t6-,10-/m0/s1. The van der Waals surface area contributed by atoms with Gasteiger partial charge in [0.05, 0.1) is 23.7 Å². The highest BCUT2D eigenvalue weighted by molar-refractivity contribution is 9.10. The van der Waals surface area contributed by atoms with Gasteiger partial charge < -0.3 is 15.6 Å². The molecule has 0 aliphatic heterocycles. The molecule has 78 valence electrons. The monoisotopic (exact) mass is 259 g/mol. The van der Waals surface area contributed by atoms with Crippen LogP contribution < -0.4 is 10.5 Å². The molecule has 0 amide bonds. The third-order valence-corrected chi connectivity index (χ3v) is 2.70. The zero-order valence-corrected chi connectivity index (χ0v) is 9.78. The maximum Gasteiger partial charge on any atom is 0.133 e. The van der Waals surface area contributed by atoms with Gasteiger partial charge in [-0.2, -0.15) is 0 Å². The van der Waals surface area contributed by atoms with E-state index in [0.29, 0.717) is 0 Å². The second-order valence-corrected chi connectivity index (χ2v) is 4.01. The first-order valence-electron chi connectivity index (χ1n) is 4.33. The number of methoxy groups -OCH3 is 1. The summed E-state index contributed by atoms with van der Waals surface area (Å²) in [6.07, 6.45) is -0.560. The van der Waals surface area contributed by atoms with E-state index in [1.165, 1.54) is 0 Å². The molecule has 0 unspecified atom stereocenters. The van der Waals surface area contributed by atoms with Crippen LogP contribution in [0, 0.1) is 0 Å². The molecular weight excluding hydrogens is 246 g/mol. The SMILES string of the molecule is COc1ccc([C@@H](N)[C@H](C)O)cc1Br. The molecule has 0 spiro atoms. The van der Waals surface area contributed by atoms with Crippen LogP contribution in [0.5, 0.6) is 5.75 Å². The van der Waals surface area contributed by atoms with Crippen molar-refractivity contribution in [3.63, 3.8) is 0 Å². The predicted molar refractivity (Wildman–Crippen MR) is 59.3 cm³/mol. The fraction of sp³-hybridized carbons (Fsp3) is 0.400. The maximum atomic E-state index is 9.32. The Kier molecular flexibility index (Phi) is 3.92. The lowest BCUT2D eigenvalue weighted by molar-refractivity contribution is 0.164. The molecule has 0 saturated carbocycles. The van der Waals surface area contributed by atoms with Gasteiger partial charge in [-0.3, -0.25) is 0 Å². The van der Waals surface area contributed by atoms with E-state index in [0.717, 1.165) is 15.8 Å². The largest absolute Gasteiger partial charge is 0.496 e. The summed E-state index contributed by atoms with van der Waals surface area (Å²) in [5.74, 6) is 0.756. The third-order valence-electron chi connectivity index (χ3n) is 2.08. The molecule has 1 aromatic carbocycles. The lowest BCUT2D eigenvalue weighted by atomic mass is 10.0. The van der Waals surface area contributed by atoms with Crippen LogP contribution in [-0.2, 0) is 0 Å². The van der Waals surface area contributed by atoms with Crippen LogP contribution >= 0.6 is 15.9 Å². The Morgan fingerprint density at radius 2 is 2.14 bits per heavy atom. The second-order valence-electron chi connectivity index (χ2n) is 3.16. The zero-order chi connectivity index (χ0) is 10.7. The number of benzene rings is 1. The van der Waals surface area contributed by atoms with Gasteiger partial charge in [-0.1, -0.05) is 6.07 Å². The molecule has 0 saturated heterocycles. The molecule has 3 nitrogen and oxygen atoms in total. The van der Waals surface area contributed by atoms with Crippen molar-refractivity contribution in [1.29, 1.82) is 0 Å². The number of aliphatic hydroxyl groups excluding tert-OH is 1. The lowest BCUT2D eigenvalue weighted by Crippen LogP contribution is -2.23. The molecule has 0 radical (unpaired) electrons. The Hall–Kier alpha value is -0.580. The minimum atomic E-state index is -0.560. The molecule has 0 aliphatic rings. The number of hydrogen-bond acceptors (Lipinski definition) is 3. The summed E-state index contributed by atoms with van der Waals surface area (Å²) in [6, 6.07) is 5.16. The molecule has 14 heavy (non-hydrogen) atoms. The highest BCUT2D eigenvalue weighted by Gasteiger charge is 2.13. The molecule has 1 aromatic rings. The van der Waals surface area contributed by atoms with E-state index in [1.54, 1.807) is 14.0 Å². The summed E-state index contributed by atoms with van der Waals surface area (Å²) in [7, 11) is 1.61. The minimum Gasteiger partial charge on any atom is -0.496 e. The first-order chi connectivity index (χ1) is 6.56.